The molecule has 1 unspecified atom stereocenters. The fraction of sp³-hybridized carbons (Fsp3) is 0.410. The number of Topliss-reactive ketones (excluding diaryl/α,β-unsaturated/α-hetero) is 1. The van der Waals surface area contributed by atoms with Crippen molar-refractivity contribution in [2.75, 3.05) is 28.4 Å². The summed E-state index contributed by atoms with van der Waals surface area (Å²) in [7, 11) is 6.38. The molecular weight excluding hydrogens is 1370 g/mol. The first-order valence-corrected chi connectivity index (χ1v) is 34.1. The van der Waals surface area contributed by atoms with Gasteiger partial charge in [-0.15, -0.1) is 6.42 Å². The summed E-state index contributed by atoms with van der Waals surface area (Å²) in [4.78, 5) is 12.6. The lowest BCUT2D eigenvalue weighted by Crippen LogP contribution is -2.14. The first-order chi connectivity index (χ1) is 44.2. The minimum atomic E-state index is -1.45. The van der Waals surface area contributed by atoms with E-state index in [-0.39, 0.29) is 40.5 Å². The van der Waals surface area contributed by atoms with Gasteiger partial charge < -0.3 is 23.7 Å². The molecular formula is C78H93Cl8F2NO6. The van der Waals surface area contributed by atoms with Gasteiger partial charge in [-0.25, -0.2) is 8.78 Å². The van der Waals surface area contributed by atoms with Crippen molar-refractivity contribution in [2.45, 2.75) is 185 Å². The molecule has 7 nitrogen and oxygen atoms in total. The van der Waals surface area contributed by atoms with Crippen molar-refractivity contribution in [1.29, 1.82) is 5.26 Å². The van der Waals surface area contributed by atoms with Gasteiger partial charge in [-0.2, -0.15) is 5.26 Å². The molecule has 0 aliphatic rings. The van der Waals surface area contributed by atoms with Gasteiger partial charge in [0.25, 0.3) is 0 Å². The third kappa shape index (κ3) is 24.4. The summed E-state index contributed by atoms with van der Waals surface area (Å²) < 4.78 is 52.0. The van der Waals surface area contributed by atoms with E-state index < -0.39 is 6.36 Å². The van der Waals surface area contributed by atoms with Gasteiger partial charge in [0.2, 0.25) is 6.36 Å². The zero-order valence-electron chi connectivity index (χ0n) is 59.1. The highest BCUT2D eigenvalue weighted by Crippen LogP contribution is 2.45. The lowest BCUT2D eigenvalue weighted by Gasteiger charge is -2.18. The molecule has 516 valence electrons. The minimum absolute atomic E-state index is 0.0855. The zero-order valence-corrected chi connectivity index (χ0v) is 65.1. The molecule has 0 amide bonds. The van der Waals surface area contributed by atoms with Gasteiger partial charge in [0, 0.05) is 45.1 Å². The van der Waals surface area contributed by atoms with Gasteiger partial charge >= 0.3 is 0 Å². The van der Waals surface area contributed by atoms with Crippen LogP contribution in [0, 0.1) is 57.2 Å². The number of ether oxygens (including phenoxy) is 5. The smallest absolute Gasteiger partial charge is 0.235 e. The SMILES string of the molecule is C#CC(C)(C)c1cccc(CC(=O)c2ccc(Cl)c(C(C)C)c2)c1.COc1cc(C)c(Cl)c(C(C)C)c1.COc1cc(C)c(Cl)c(C(C)C)c1Cl.COc1cc(C)c(Cl)c(C(C)C)c1Cl.COc1cc(OC(C)F)c(Cl)c(C(C)C)c1Cl.Cc1cc(C#N)cc(C(C)C)c1F. The summed E-state index contributed by atoms with van der Waals surface area (Å²) in [6.07, 6.45) is 4.52. The Morgan fingerprint density at radius 2 is 0.947 bits per heavy atom. The molecule has 7 aromatic carbocycles. The Balaban J connectivity index is 0.000000395. The highest BCUT2D eigenvalue weighted by molar-refractivity contribution is 6.39. The maximum atomic E-state index is 13.5. The van der Waals surface area contributed by atoms with Gasteiger partial charge in [0.15, 0.2) is 5.78 Å². The average Bonchev–Trinajstić information content (AvgIpc) is 0.988. The molecule has 0 saturated carbocycles. The second kappa shape index (κ2) is 39.7. The molecule has 0 N–H and O–H groups in total. The van der Waals surface area contributed by atoms with Crippen LogP contribution >= 0.6 is 92.8 Å². The molecule has 7 aromatic rings. The van der Waals surface area contributed by atoms with E-state index in [1.807, 2.05) is 129 Å². The zero-order chi connectivity index (χ0) is 72.8. The third-order valence-corrected chi connectivity index (χ3v) is 18.5. The van der Waals surface area contributed by atoms with Crippen LogP contribution in [0.25, 0.3) is 0 Å². The van der Waals surface area contributed by atoms with E-state index in [0.29, 0.717) is 94.4 Å². The van der Waals surface area contributed by atoms with Crippen LogP contribution in [0.3, 0.4) is 0 Å². The van der Waals surface area contributed by atoms with E-state index in [2.05, 4.69) is 61.3 Å². The van der Waals surface area contributed by atoms with E-state index in [4.69, 9.17) is 128 Å². The Kier molecular flexibility index (Phi) is 35.8. The van der Waals surface area contributed by atoms with Gasteiger partial charge in [0.1, 0.15) is 34.6 Å². The van der Waals surface area contributed by atoms with Gasteiger partial charge in [-0.1, -0.05) is 206 Å². The number of terminal acetylenes is 1. The second-order valence-corrected chi connectivity index (χ2v) is 28.1. The first-order valence-electron chi connectivity index (χ1n) is 31.1. The number of carbonyl (C=O) groups excluding carboxylic acids is 1. The summed E-state index contributed by atoms with van der Waals surface area (Å²) in [5.74, 6) is 7.14. The minimum Gasteiger partial charge on any atom is -0.497 e. The van der Waals surface area contributed by atoms with Crippen molar-refractivity contribution in [2.24, 2.45) is 0 Å². The van der Waals surface area contributed by atoms with Crippen molar-refractivity contribution in [3.8, 4) is 47.2 Å². The van der Waals surface area contributed by atoms with Crippen molar-refractivity contribution < 1.29 is 37.3 Å². The second-order valence-electron chi connectivity index (χ2n) is 25.0. The quantitative estimate of drug-likeness (QED) is 0.0704. The van der Waals surface area contributed by atoms with E-state index in [1.165, 1.54) is 20.1 Å². The molecule has 1 atom stereocenters. The lowest BCUT2D eigenvalue weighted by atomic mass is 9.84. The van der Waals surface area contributed by atoms with Crippen LogP contribution in [-0.4, -0.2) is 40.6 Å². The molecule has 0 fully saturated rings. The number of methoxy groups -OCH3 is 4. The predicted molar refractivity (Wildman–Crippen MR) is 401 cm³/mol. The third-order valence-electron chi connectivity index (χ3n) is 15.1. The number of rotatable bonds is 16. The molecule has 0 aliphatic heterocycles. The van der Waals surface area contributed by atoms with Crippen LogP contribution in [0.5, 0.6) is 28.7 Å². The molecule has 0 heterocycles. The number of alkyl halides is 1. The molecule has 0 spiro atoms. The number of benzene rings is 7. The average molecular weight is 1460 g/mol. The number of carbonyl (C=O) groups is 1. The van der Waals surface area contributed by atoms with Crippen LogP contribution < -0.4 is 23.7 Å². The summed E-state index contributed by atoms with van der Waals surface area (Å²) in [5.41, 5.74) is 11.9. The topological polar surface area (TPSA) is 87.0 Å². The molecule has 0 aliphatic carbocycles. The van der Waals surface area contributed by atoms with Crippen LogP contribution in [-0.2, 0) is 11.8 Å². The number of hydrogen-bond acceptors (Lipinski definition) is 7. The number of halogens is 10. The summed E-state index contributed by atoms with van der Waals surface area (Å²) in [5, 5.41) is 13.7. The Hall–Kier alpha value is -5.56. The lowest BCUT2D eigenvalue weighted by molar-refractivity contribution is 0.0857. The largest absolute Gasteiger partial charge is 0.497 e. The molecule has 0 saturated heterocycles. The first kappa shape index (κ1) is 85.5. The van der Waals surface area contributed by atoms with E-state index in [0.717, 1.165) is 70.9 Å². The number of hydrogen-bond donors (Lipinski definition) is 0. The van der Waals surface area contributed by atoms with Crippen molar-refractivity contribution >= 4 is 98.6 Å². The van der Waals surface area contributed by atoms with Gasteiger partial charge in [-0.05, 0) is 198 Å². The predicted octanol–water partition coefficient (Wildman–Crippen LogP) is 26.4. The van der Waals surface area contributed by atoms with Crippen LogP contribution in [0.4, 0.5) is 8.78 Å². The van der Waals surface area contributed by atoms with Crippen LogP contribution in [0.2, 0.25) is 40.2 Å². The molecule has 7 rings (SSSR count). The maximum Gasteiger partial charge on any atom is 0.235 e. The molecule has 17 heteroatoms. The fourth-order valence-electron chi connectivity index (χ4n) is 9.55. The molecule has 0 bridgehead atoms. The standard InChI is InChI=1S/C22H23ClO.C12H15Cl2FO2.2C11H14Cl2O.C11H15ClO.C11H12FN/c1-6-22(4,5)18-9-7-8-16(12-18)13-21(24)17-10-11-20(23)19(14-17)15(2)3;1-6(2)10-11(13)8(16-4)5-9(12(10)14)17-7(3)15;2*1-6(2)9-10(12)7(3)5-8(14-4)11(9)13;1-7(2)10-6-9(13-4)5-8(3)11(10)12;1-7(2)10-5-9(6-13)4-8(3)11(10)12/h1,7-12,14-15H,13H2,2-5H3;5-7H,1-4H3;2*5-6H,1-4H3;5-7H,1-4H3;4-5,7H,1-3H3. The molecule has 95 heavy (non-hydrogen) atoms. The number of nitrogens with zero attached hydrogens (tertiary/aromatic N) is 1. The van der Waals surface area contributed by atoms with E-state index in [1.54, 1.807) is 46.5 Å². The van der Waals surface area contributed by atoms with Gasteiger partial charge in [-0.3, -0.25) is 4.79 Å². The summed E-state index contributed by atoms with van der Waals surface area (Å²) >= 11 is 49.4. The van der Waals surface area contributed by atoms with Crippen molar-refractivity contribution in [3.63, 3.8) is 0 Å². The number of ketones is 1. The Labute approximate surface area is 606 Å². The number of nitriles is 1. The normalized spacial score (nSPS) is 11.2. The van der Waals surface area contributed by atoms with E-state index >= 15 is 0 Å². The molecule has 0 aromatic heterocycles. The van der Waals surface area contributed by atoms with Crippen molar-refractivity contribution in [1.82, 2.24) is 0 Å². The van der Waals surface area contributed by atoms with Gasteiger partial charge in [0.05, 0.1) is 65.6 Å². The summed E-state index contributed by atoms with van der Waals surface area (Å²) in [6.45, 7) is 37.2. The number of aryl methyl sites for hydroxylation is 4. The maximum absolute atomic E-state index is 13.5. The van der Waals surface area contributed by atoms with E-state index in [9.17, 15) is 13.6 Å². The fourth-order valence-corrected chi connectivity index (χ4v) is 12.8. The molecule has 0 radical (unpaired) electrons. The highest BCUT2D eigenvalue weighted by Gasteiger charge is 2.23. The summed E-state index contributed by atoms with van der Waals surface area (Å²) in [6, 6.07) is 27.8. The highest BCUT2D eigenvalue weighted by atomic mass is 35.5. The Morgan fingerprint density at radius 3 is 1.36 bits per heavy atom. The van der Waals surface area contributed by atoms with Crippen molar-refractivity contribution in [3.05, 3.63) is 209 Å². The van der Waals surface area contributed by atoms with Crippen LogP contribution in [0.1, 0.15) is 222 Å². The Bertz CT molecular complexity index is 3740. The monoisotopic (exact) mass is 1460 g/mol. The van der Waals surface area contributed by atoms with Crippen LogP contribution in [0.15, 0.2) is 84.9 Å². The Morgan fingerprint density at radius 1 is 0.505 bits per heavy atom.